The Morgan fingerprint density at radius 2 is 2.10 bits per heavy atom. The minimum absolute atomic E-state index is 0.0131. The summed E-state index contributed by atoms with van der Waals surface area (Å²) in [6.45, 7) is 0. The molecule has 0 bridgehead atoms. The Balaban J connectivity index is 2.17. The van der Waals surface area contributed by atoms with E-state index in [4.69, 9.17) is 9.88 Å². The normalized spacial score (nSPS) is 11.7. The van der Waals surface area contributed by atoms with Crippen molar-refractivity contribution in [3.05, 3.63) is 36.7 Å². The van der Waals surface area contributed by atoms with Gasteiger partial charge in [-0.3, -0.25) is 4.98 Å². The van der Waals surface area contributed by atoms with Crippen LogP contribution in [0.15, 0.2) is 41.6 Å². The summed E-state index contributed by atoms with van der Waals surface area (Å²) in [7, 11) is -2.33. The smallest absolute Gasteiger partial charge is 0.238 e. The second kappa shape index (κ2) is 4.83. The molecule has 0 saturated heterocycles. The van der Waals surface area contributed by atoms with E-state index < -0.39 is 10.0 Å². The third kappa shape index (κ3) is 2.46. The second-order valence-electron chi connectivity index (χ2n) is 4.39. The van der Waals surface area contributed by atoms with Crippen LogP contribution in [-0.4, -0.2) is 30.5 Å². The van der Waals surface area contributed by atoms with Crippen LogP contribution in [0.25, 0.3) is 22.4 Å². The number of pyridine rings is 1. The summed E-state index contributed by atoms with van der Waals surface area (Å²) in [5.41, 5.74) is 2.18. The average Bonchev–Trinajstić information content (AvgIpc) is 2.89. The Kier molecular flexibility index (Phi) is 3.11. The third-order valence-electron chi connectivity index (χ3n) is 3.04. The Labute approximate surface area is 120 Å². The summed E-state index contributed by atoms with van der Waals surface area (Å²) in [6, 6.07) is 6.17. The van der Waals surface area contributed by atoms with Crippen molar-refractivity contribution in [2.75, 3.05) is 7.11 Å². The summed E-state index contributed by atoms with van der Waals surface area (Å²) < 4.78 is 28.0. The molecule has 0 amide bonds. The van der Waals surface area contributed by atoms with Gasteiger partial charge in [0.1, 0.15) is 11.6 Å². The van der Waals surface area contributed by atoms with E-state index >= 15 is 0 Å². The lowest BCUT2D eigenvalue weighted by atomic mass is 10.2. The molecule has 2 aromatic heterocycles. The van der Waals surface area contributed by atoms with Gasteiger partial charge in [-0.05, 0) is 18.2 Å². The molecule has 8 heteroatoms. The Morgan fingerprint density at radius 1 is 1.29 bits per heavy atom. The molecule has 0 spiro atoms. The van der Waals surface area contributed by atoms with Crippen LogP contribution in [0.1, 0.15) is 0 Å². The van der Waals surface area contributed by atoms with Crippen molar-refractivity contribution in [1.29, 1.82) is 0 Å². The number of hydrogen-bond acceptors (Lipinski definition) is 5. The summed E-state index contributed by atoms with van der Waals surface area (Å²) in [5, 5.41) is 5.12. The number of H-pyrrole nitrogens is 1. The van der Waals surface area contributed by atoms with Crippen molar-refractivity contribution in [2.24, 2.45) is 5.14 Å². The van der Waals surface area contributed by atoms with E-state index in [1.54, 1.807) is 24.5 Å². The van der Waals surface area contributed by atoms with Gasteiger partial charge in [0.05, 0.1) is 34.8 Å². The van der Waals surface area contributed by atoms with E-state index in [0.717, 1.165) is 11.0 Å². The van der Waals surface area contributed by atoms with E-state index in [-0.39, 0.29) is 4.90 Å². The van der Waals surface area contributed by atoms with E-state index in [1.165, 1.54) is 19.2 Å². The van der Waals surface area contributed by atoms with Crippen molar-refractivity contribution in [3.63, 3.8) is 0 Å². The molecule has 0 unspecified atom stereocenters. The number of sulfonamides is 1. The average molecular weight is 304 g/mol. The zero-order chi connectivity index (χ0) is 15.0. The highest BCUT2D eigenvalue weighted by molar-refractivity contribution is 7.89. The number of benzene rings is 1. The standard InChI is InChI=1S/C13H12N4O3S/c1-20-12-6-8(21(14,18)19)2-3-9(12)13-16-10-4-5-15-7-11(10)17-13/h2-7H,1H3,(H,16,17)(H2,14,18,19). The Bertz CT molecular complexity index is 885. The molecule has 0 aliphatic carbocycles. The number of nitrogens with zero attached hydrogens (tertiary/aromatic N) is 2. The highest BCUT2D eigenvalue weighted by Gasteiger charge is 2.15. The van der Waals surface area contributed by atoms with Gasteiger partial charge in [-0.2, -0.15) is 0 Å². The minimum atomic E-state index is -3.78. The van der Waals surface area contributed by atoms with Crippen LogP contribution >= 0.6 is 0 Å². The van der Waals surface area contributed by atoms with E-state index in [1.807, 2.05) is 0 Å². The van der Waals surface area contributed by atoms with Gasteiger partial charge in [-0.1, -0.05) is 0 Å². The maximum Gasteiger partial charge on any atom is 0.238 e. The number of ether oxygens (including phenoxy) is 1. The third-order valence-corrected chi connectivity index (χ3v) is 3.95. The second-order valence-corrected chi connectivity index (χ2v) is 5.95. The van der Waals surface area contributed by atoms with Gasteiger partial charge >= 0.3 is 0 Å². The van der Waals surface area contributed by atoms with Gasteiger partial charge in [-0.25, -0.2) is 18.5 Å². The van der Waals surface area contributed by atoms with Gasteiger partial charge in [0, 0.05) is 12.3 Å². The predicted octanol–water partition coefficient (Wildman–Crippen LogP) is 1.28. The molecule has 0 aliphatic rings. The molecule has 0 aliphatic heterocycles. The molecular weight excluding hydrogens is 292 g/mol. The number of primary sulfonamides is 1. The van der Waals surface area contributed by atoms with Crippen molar-refractivity contribution in [1.82, 2.24) is 15.0 Å². The number of hydrogen-bond donors (Lipinski definition) is 2. The predicted molar refractivity (Wildman–Crippen MR) is 77.2 cm³/mol. The first-order valence-corrected chi connectivity index (χ1v) is 7.54. The van der Waals surface area contributed by atoms with Gasteiger partial charge < -0.3 is 9.72 Å². The molecule has 0 saturated carbocycles. The lowest BCUT2D eigenvalue weighted by molar-refractivity contribution is 0.415. The molecule has 3 aromatic rings. The van der Waals surface area contributed by atoms with Gasteiger partial charge in [-0.15, -0.1) is 0 Å². The van der Waals surface area contributed by atoms with Gasteiger partial charge in [0.2, 0.25) is 10.0 Å². The molecule has 2 heterocycles. The molecular formula is C13H12N4O3S. The summed E-state index contributed by atoms with van der Waals surface area (Å²) in [5.74, 6) is 0.935. The van der Waals surface area contributed by atoms with Crippen molar-refractivity contribution >= 4 is 21.1 Å². The van der Waals surface area contributed by atoms with Crippen LogP contribution in [0.3, 0.4) is 0 Å². The van der Waals surface area contributed by atoms with Crippen LogP contribution in [0.4, 0.5) is 0 Å². The van der Waals surface area contributed by atoms with Crippen LogP contribution < -0.4 is 9.88 Å². The molecule has 108 valence electrons. The summed E-state index contributed by atoms with van der Waals surface area (Å²) in [4.78, 5) is 11.5. The van der Waals surface area contributed by atoms with Crippen LogP contribution in [0.2, 0.25) is 0 Å². The largest absolute Gasteiger partial charge is 0.496 e. The molecule has 3 rings (SSSR count). The molecule has 0 radical (unpaired) electrons. The highest BCUT2D eigenvalue weighted by Crippen LogP contribution is 2.31. The number of aromatic amines is 1. The van der Waals surface area contributed by atoms with Crippen LogP contribution in [0, 0.1) is 0 Å². The number of nitrogens with two attached hydrogens (primary N) is 1. The highest BCUT2D eigenvalue weighted by atomic mass is 32.2. The van der Waals surface area contributed by atoms with Crippen molar-refractivity contribution in [3.8, 4) is 17.1 Å². The molecule has 1 aromatic carbocycles. The number of nitrogens with one attached hydrogen (secondary N) is 1. The number of aromatic nitrogens is 3. The molecule has 3 N–H and O–H groups in total. The maximum absolute atomic E-state index is 11.4. The minimum Gasteiger partial charge on any atom is -0.496 e. The fourth-order valence-electron chi connectivity index (χ4n) is 2.03. The van der Waals surface area contributed by atoms with Gasteiger partial charge in [0.15, 0.2) is 0 Å². The summed E-state index contributed by atoms with van der Waals surface area (Å²) in [6.07, 6.45) is 3.31. The zero-order valence-electron chi connectivity index (χ0n) is 11.1. The van der Waals surface area contributed by atoms with Crippen LogP contribution in [-0.2, 0) is 10.0 Å². The fourth-order valence-corrected chi connectivity index (χ4v) is 2.56. The Hall–Kier alpha value is -2.45. The Morgan fingerprint density at radius 3 is 2.76 bits per heavy atom. The number of imidazole rings is 1. The summed E-state index contributed by atoms with van der Waals surface area (Å²) >= 11 is 0. The van der Waals surface area contributed by atoms with Gasteiger partial charge in [0.25, 0.3) is 0 Å². The number of fused-ring (bicyclic) bond motifs is 1. The maximum atomic E-state index is 11.4. The zero-order valence-corrected chi connectivity index (χ0v) is 11.9. The van der Waals surface area contributed by atoms with Crippen molar-refractivity contribution < 1.29 is 13.2 Å². The number of methoxy groups -OCH3 is 1. The first-order valence-electron chi connectivity index (χ1n) is 6.00. The SMILES string of the molecule is COc1cc(S(N)(=O)=O)ccc1-c1nc2ccncc2[nH]1. The van der Waals surface area contributed by atoms with E-state index in [0.29, 0.717) is 17.1 Å². The molecule has 7 nitrogen and oxygen atoms in total. The first-order chi connectivity index (χ1) is 9.99. The number of rotatable bonds is 3. The first kappa shape index (κ1) is 13.5. The monoisotopic (exact) mass is 304 g/mol. The van der Waals surface area contributed by atoms with E-state index in [9.17, 15) is 8.42 Å². The lowest BCUT2D eigenvalue weighted by Crippen LogP contribution is -2.12. The molecule has 0 atom stereocenters. The fraction of sp³-hybridized carbons (Fsp3) is 0.0769. The molecule has 21 heavy (non-hydrogen) atoms. The van der Waals surface area contributed by atoms with Crippen LogP contribution in [0.5, 0.6) is 5.75 Å². The topological polar surface area (TPSA) is 111 Å². The quantitative estimate of drug-likeness (QED) is 0.757. The lowest BCUT2D eigenvalue weighted by Gasteiger charge is -2.07. The van der Waals surface area contributed by atoms with Crippen molar-refractivity contribution in [2.45, 2.75) is 4.90 Å². The van der Waals surface area contributed by atoms with E-state index in [2.05, 4.69) is 15.0 Å². The molecule has 0 fully saturated rings.